The predicted molar refractivity (Wildman–Crippen MR) is 67.1 cm³/mol. The van der Waals surface area contributed by atoms with Crippen molar-refractivity contribution in [2.75, 3.05) is 18.0 Å². The van der Waals surface area contributed by atoms with Crippen LogP contribution in [0.4, 0.5) is 5.69 Å². The smallest absolute Gasteiger partial charge is 0.337 e. The summed E-state index contributed by atoms with van der Waals surface area (Å²) >= 11 is 3.38. The van der Waals surface area contributed by atoms with Gasteiger partial charge in [0.25, 0.3) is 0 Å². The Morgan fingerprint density at radius 3 is 2.81 bits per heavy atom. The van der Waals surface area contributed by atoms with Crippen LogP contribution in [0.25, 0.3) is 0 Å². The van der Waals surface area contributed by atoms with Crippen LogP contribution in [0, 0.1) is 5.92 Å². The Labute approximate surface area is 103 Å². The van der Waals surface area contributed by atoms with Gasteiger partial charge in [0.15, 0.2) is 0 Å². The number of rotatable bonds is 3. The first kappa shape index (κ1) is 11.5. The summed E-state index contributed by atoms with van der Waals surface area (Å²) in [5.41, 5.74) is 1.21. The van der Waals surface area contributed by atoms with Gasteiger partial charge in [0, 0.05) is 17.6 Å². The van der Waals surface area contributed by atoms with Gasteiger partial charge in [-0.3, -0.25) is 0 Å². The van der Waals surface area contributed by atoms with E-state index in [4.69, 9.17) is 5.11 Å². The topological polar surface area (TPSA) is 40.5 Å². The van der Waals surface area contributed by atoms with Crippen molar-refractivity contribution >= 4 is 27.6 Å². The van der Waals surface area contributed by atoms with Crippen LogP contribution in [0.5, 0.6) is 0 Å². The molecule has 16 heavy (non-hydrogen) atoms. The average molecular weight is 284 g/mol. The number of hydrogen-bond acceptors (Lipinski definition) is 2. The van der Waals surface area contributed by atoms with Gasteiger partial charge in [0.05, 0.1) is 11.3 Å². The van der Waals surface area contributed by atoms with Gasteiger partial charge in [-0.2, -0.15) is 0 Å². The molecule has 1 heterocycles. The zero-order valence-corrected chi connectivity index (χ0v) is 10.7. The highest BCUT2D eigenvalue weighted by Gasteiger charge is 2.28. The molecule has 0 aliphatic carbocycles. The van der Waals surface area contributed by atoms with E-state index in [0.29, 0.717) is 11.5 Å². The van der Waals surface area contributed by atoms with E-state index in [1.807, 2.05) is 6.07 Å². The summed E-state index contributed by atoms with van der Waals surface area (Å²) in [4.78, 5) is 13.2. The second-order valence-electron chi connectivity index (χ2n) is 4.15. The molecule has 0 radical (unpaired) electrons. The lowest BCUT2D eigenvalue weighted by molar-refractivity contribution is 0.0697. The van der Waals surface area contributed by atoms with Crippen LogP contribution in [0.15, 0.2) is 22.7 Å². The van der Waals surface area contributed by atoms with Gasteiger partial charge in [-0.15, -0.1) is 0 Å². The maximum absolute atomic E-state index is 11.1. The molecule has 0 atom stereocenters. The number of aromatic carboxylic acids is 1. The van der Waals surface area contributed by atoms with Crippen LogP contribution in [-0.4, -0.2) is 24.2 Å². The number of benzene rings is 1. The Morgan fingerprint density at radius 1 is 1.56 bits per heavy atom. The van der Waals surface area contributed by atoms with Gasteiger partial charge in [0.2, 0.25) is 0 Å². The molecule has 1 aliphatic rings. The van der Waals surface area contributed by atoms with Crippen LogP contribution in [0.2, 0.25) is 0 Å². The van der Waals surface area contributed by atoms with E-state index < -0.39 is 5.97 Å². The SMILES string of the molecule is CCC1CN(c2cc(Br)ccc2C(=O)O)C1. The number of carboxylic acid groups (broad SMARTS) is 1. The number of halogens is 1. The van der Waals surface area contributed by atoms with Crippen LogP contribution in [0.1, 0.15) is 23.7 Å². The molecule has 1 aliphatic heterocycles. The summed E-state index contributed by atoms with van der Waals surface area (Å²) in [6.45, 7) is 4.10. The highest BCUT2D eigenvalue weighted by Crippen LogP contribution is 2.31. The maximum Gasteiger partial charge on any atom is 0.337 e. The normalized spacial score (nSPS) is 16.0. The summed E-state index contributed by atoms with van der Waals surface area (Å²) in [6, 6.07) is 5.31. The molecule has 2 rings (SSSR count). The molecule has 0 unspecified atom stereocenters. The molecule has 1 aromatic carbocycles. The van der Waals surface area contributed by atoms with Crippen molar-refractivity contribution in [3.8, 4) is 0 Å². The third-order valence-electron chi connectivity index (χ3n) is 3.07. The molecule has 86 valence electrons. The van der Waals surface area contributed by atoms with Gasteiger partial charge >= 0.3 is 5.97 Å². The van der Waals surface area contributed by atoms with E-state index in [9.17, 15) is 4.79 Å². The quantitative estimate of drug-likeness (QED) is 0.927. The lowest BCUT2D eigenvalue weighted by Gasteiger charge is -2.41. The summed E-state index contributed by atoms with van der Waals surface area (Å²) in [5, 5.41) is 9.11. The maximum atomic E-state index is 11.1. The van der Waals surface area contributed by atoms with Gasteiger partial charge in [0.1, 0.15) is 0 Å². The zero-order chi connectivity index (χ0) is 11.7. The standard InChI is InChI=1S/C12H14BrNO2/c1-2-8-6-14(7-8)11-5-9(13)3-4-10(11)12(15)16/h3-5,8H,2,6-7H2,1H3,(H,15,16). The molecular weight excluding hydrogens is 270 g/mol. The third-order valence-corrected chi connectivity index (χ3v) is 3.56. The Bertz CT molecular complexity index is 413. The fourth-order valence-electron chi connectivity index (χ4n) is 1.97. The van der Waals surface area contributed by atoms with Crippen molar-refractivity contribution in [2.45, 2.75) is 13.3 Å². The molecule has 1 N–H and O–H groups in total. The first-order chi connectivity index (χ1) is 7.61. The second kappa shape index (κ2) is 4.45. The summed E-state index contributed by atoms with van der Waals surface area (Å²) < 4.78 is 0.924. The molecule has 0 bridgehead atoms. The minimum absolute atomic E-state index is 0.387. The number of carbonyl (C=O) groups is 1. The van der Waals surface area contributed by atoms with E-state index in [1.165, 1.54) is 0 Å². The summed E-state index contributed by atoms with van der Waals surface area (Å²) in [7, 11) is 0. The lowest BCUT2D eigenvalue weighted by atomic mass is 9.95. The van der Waals surface area contributed by atoms with Crippen molar-refractivity contribution in [2.24, 2.45) is 5.92 Å². The van der Waals surface area contributed by atoms with E-state index in [1.54, 1.807) is 12.1 Å². The first-order valence-corrected chi connectivity index (χ1v) is 6.19. The largest absolute Gasteiger partial charge is 0.478 e. The summed E-state index contributed by atoms with van der Waals surface area (Å²) in [6.07, 6.45) is 1.16. The molecule has 4 heteroatoms. The minimum Gasteiger partial charge on any atom is -0.478 e. The van der Waals surface area contributed by atoms with Crippen molar-refractivity contribution in [3.63, 3.8) is 0 Å². The third kappa shape index (κ3) is 2.07. The molecule has 0 spiro atoms. The van der Waals surface area contributed by atoms with E-state index in [2.05, 4.69) is 27.8 Å². The molecule has 3 nitrogen and oxygen atoms in total. The fourth-order valence-corrected chi connectivity index (χ4v) is 2.32. The number of carboxylic acids is 1. The van der Waals surface area contributed by atoms with Crippen LogP contribution < -0.4 is 4.90 Å². The molecule has 1 aromatic rings. The van der Waals surface area contributed by atoms with Crippen molar-refractivity contribution in [1.29, 1.82) is 0 Å². The fraction of sp³-hybridized carbons (Fsp3) is 0.417. The Balaban J connectivity index is 2.25. The molecule has 0 amide bonds. The molecule has 1 saturated heterocycles. The molecular formula is C12H14BrNO2. The lowest BCUT2D eigenvalue weighted by Crippen LogP contribution is -2.47. The second-order valence-corrected chi connectivity index (χ2v) is 5.06. The first-order valence-electron chi connectivity index (χ1n) is 5.39. The highest BCUT2D eigenvalue weighted by molar-refractivity contribution is 9.10. The van der Waals surface area contributed by atoms with Crippen LogP contribution in [0.3, 0.4) is 0 Å². The van der Waals surface area contributed by atoms with E-state index in [0.717, 1.165) is 29.7 Å². The molecule has 1 fully saturated rings. The van der Waals surface area contributed by atoms with Gasteiger partial charge in [-0.05, 0) is 30.5 Å². The average Bonchev–Trinajstić information content (AvgIpc) is 2.15. The van der Waals surface area contributed by atoms with Crippen LogP contribution >= 0.6 is 15.9 Å². The monoisotopic (exact) mass is 283 g/mol. The highest BCUT2D eigenvalue weighted by atomic mass is 79.9. The predicted octanol–water partition coefficient (Wildman–Crippen LogP) is 2.99. The summed E-state index contributed by atoms with van der Waals surface area (Å²) in [5.74, 6) is -0.150. The van der Waals surface area contributed by atoms with Gasteiger partial charge in [-0.25, -0.2) is 4.79 Å². The van der Waals surface area contributed by atoms with E-state index in [-0.39, 0.29) is 0 Å². The Kier molecular flexibility index (Phi) is 3.19. The Hall–Kier alpha value is -1.03. The van der Waals surface area contributed by atoms with Crippen molar-refractivity contribution in [3.05, 3.63) is 28.2 Å². The van der Waals surface area contributed by atoms with Gasteiger partial charge < -0.3 is 10.0 Å². The Morgan fingerprint density at radius 2 is 2.25 bits per heavy atom. The van der Waals surface area contributed by atoms with E-state index >= 15 is 0 Å². The number of hydrogen-bond donors (Lipinski definition) is 1. The molecule has 0 aromatic heterocycles. The minimum atomic E-state index is -0.859. The van der Waals surface area contributed by atoms with Crippen molar-refractivity contribution in [1.82, 2.24) is 0 Å². The van der Waals surface area contributed by atoms with Crippen molar-refractivity contribution < 1.29 is 9.90 Å². The van der Waals surface area contributed by atoms with Crippen LogP contribution in [-0.2, 0) is 0 Å². The molecule has 0 saturated carbocycles. The number of anilines is 1. The zero-order valence-electron chi connectivity index (χ0n) is 9.11. The van der Waals surface area contributed by atoms with Gasteiger partial charge in [-0.1, -0.05) is 22.9 Å². The number of nitrogens with zero attached hydrogens (tertiary/aromatic N) is 1.